The van der Waals surface area contributed by atoms with Gasteiger partial charge >= 0.3 is 17.9 Å². The van der Waals surface area contributed by atoms with E-state index in [4.69, 9.17) is 4.74 Å². The lowest BCUT2D eigenvalue weighted by Crippen LogP contribution is -2.23. The predicted octanol–water partition coefficient (Wildman–Crippen LogP) is 4.18. The lowest BCUT2D eigenvalue weighted by Gasteiger charge is -2.23. The molecule has 1 fully saturated rings. The van der Waals surface area contributed by atoms with Crippen molar-refractivity contribution in [1.29, 1.82) is 0 Å². The van der Waals surface area contributed by atoms with Gasteiger partial charge in [-0.2, -0.15) is 0 Å². The number of carbonyl (C=O) groups is 3. The first-order valence-corrected chi connectivity index (χ1v) is 9.75. The van der Waals surface area contributed by atoms with Crippen LogP contribution in [0, 0.1) is 11.8 Å². The maximum Gasteiger partial charge on any atom is 0.332 e. The summed E-state index contributed by atoms with van der Waals surface area (Å²) < 4.78 is 5.26. The molecule has 0 heterocycles. The summed E-state index contributed by atoms with van der Waals surface area (Å²) in [6.45, 7) is 4.39. The molecule has 0 amide bonds. The Hall–Kier alpha value is -1.85. The average molecular weight is 368 g/mol. The van der Waals surface area contributed by atoms with E-state index < -0.39 is 24.3 Å². The molecule has 0 radical (unpaired) electrons. The van der Waals surface area contributed by atoms with Gasteiger partial charge in [0.15, 0.2) is 0 Å². The molecule has 0 aromatic carbocycles. The van der Waals surface area contributed by atoms with Crippen LogP contribution in [-0.2, 0) is 19.1 Å². The zero-order chi connectivity index (χ0) is 19.5. The third kappa shape index (κ3) is 7.18. The van der Waals surface area contributed by atoms with E-state index in [-0.39, 0.29) is 29.6 Å². The molecule has 1 aliphatic carbocycles. The molecule has 1 rings (SSSR count). The molecule has 1 aliphatic rings. The summed E-state index contributed by atoms with van der Waals surface area (Å²) in [5, 5.41) is 19.0. The van der Waals surface area contributed by atoms with E-state index in [2.05, 4.69) is 6.92 Å². The Morgan fingerprint density at radius 1 is 1.04 bits per heavy atom. The minimum absolute atomic E-state index is 0.118. The Balaban J connectivity index is 2.82. The third-order valence-electron chi connectivity index (χ3n) is 5.17. The van der Waals surface area contributed by atoms with Crippen molar-refractivity contribution in [1.82, 2.24) is 0 Å². The summed E-state index contributed by atoms with van der Waals surface area (Å²) in [4.78, 5) is 35.5. The molecule has 148 valence electrons. The second-order valence-corrected chi connectivity index (χ2v) is 7.11. The maximum atomic E-state index is 12.1. The number of ether oxygens (including phenoxy) is 1. The van der Waals surface area contributed by atoms with Gasteiger partial charge in [0.05, 0.1) is 24.2 Å². The van der Waals surface area contributed by atoms with Crippen LogP contribution in [0.15, 0.2) is 11.1 Å². The highest BCUT2D eigenvalue weighted by Gasteiger charge is 2.30. The van der Waals surface area contributed by atoms with Gasteiger partial charge < -0.3 is 14.9 Å². The third-order valence-corrected chi connectivity index (χ3v) is 5.17. The lowest BCUT2D eigenvalue weighted by molar-refractivity contribution is -0.146. The van der Waals surface area contributed by atoms with Crippen molar-refractivity contribution >= 4 is 17.9 Å². The van der Waals surface area contributed by atoms with Crippen molar-refractivity contribution in [2.75, 3.05) is 6.61 Å². The van der Waals surface area contributed by atoms with E-state index in [0.717, 1.165) is 44.9 Å². The lowest BCUT2D eigenvalue weighted by atomic mass is 9.81. The number of carbonyl (C=O) groups excluding carboxylic acids is 1. The molecular weight excluding hydrogens is 336 g/mol. The van der Waals surface area contributed by atoms with Crippen LogP contribution in [0.4, 0.5) is 0 Å². The van der Waals surface area contributed by atoms with E-state index in [9.17, 15) is 24.6 Å². The van der Waals surface area contributed by atoms with Crippen LogP contribution in [0.1, 0.15) is 78.1 Å². The average Bonchev–Trinajstić information content (AvgIpc) is 2.61. The van der Waals surface area contributed by atoms with Crippen LogP contribution < -0.4 is 0 Å². The normalized spacial score (nSPS) is 17.3. The Morgan fingerprint density at radius 3 is 2.19 bits per heavy atom. The van der Waals surface area contributed by atoms with E-state index in [1.165, 1.54) is 0 Å². The van der Waals surface area contributed by atoms with Gasteiger partial charge in [0.25, 0.3) is 0 Å². The molecule has 1 atom stereocenters. The van der Waals surface area contributed by atoms with Crippen molar-refractivity contribution in [3.8, 4) is 0 Å². The first kappa shape index (κ1) is 22.2. The highest BCUT2D eigenvalue weighted by atomic mass is 16.5. The number of unbranched alkanes of at least 4 members (excludes halogenated alkanes) is 1. The molecule has 1 saturated carbocycles. The largest absolute Gasteiger partial charge is 0.478 e. The van der Waals surface area contributed by atoms with Gasteiger partial charge in [-0.1, -0.05) is 52.4 Å². The van der Waals surface area contributed by atoms with Crippen LogP contribution in [0.2, 0.25) is 0 Å². The van der Waals surface area contributed by atoms with Crippen molar-refractivity contribution in [3.63, 3.8) is 0 Å². The maximum absolute atomic E-state index is 12.1. The number of rotatable bonds is 11. The molecule has 0 bridgehead atoms. The Labute approximate surface area is 155 Å². The minimum Gasteiger partial charge on any atom is -0.478 e. The number of carboxylic acids is 2. The zero-order valence-corrected chi connectivity index (χ0v) is 16.0. The summed E-state index contributed by atoms with van der Waals surface area (Å²) in [5.74, 6) is -3.28. The van der Waals surface area contributed by atoms with Gasteiger partial charge in [0.1, 0.15) is 0 Å². The molecule has 6 nitrogen and oxygen atoms in total. The summed E-state index contributed by atoms with van der Waals surface area (Å²) in [6.07, 6.45) is 7.60. The topological polar surface area (TPSA) is 101 Å². The van der Waals surface area contributed by atoms with Crippen molar-refractivity contribution in [2.45, 2.75) is 78.1 Å². The van der Waals surface area contributed by atoms with Crippen LogP contribution in [0.3, 0.4) is 0 Å². The quantitative estimate of drug-likeness (QED) is 0.419. The van der Waals surface area contributed by atoms with Gasteiger partial charge in [-0.3, -0.25) is 4.79 Å². The number of carboxylic acid groups (broad SMARTS) is 2. The molecule has 0 aromatic heterocycles. The van der Waals surface area contributed by atoms with Crippen molar-refractivity contribution < 1.29 is 29.3 Å². The van der Waals surface area contributed by atoms with Crippen molar-refractivity contribution in [2.24, 2.45) is 11.8 Å². The highest BCUT2D eigenvalue weighted by Crippen LogP contribution is 2.32. The van der Waals surface area contributed by atoms with Gasteiger partial charge in [0.2, 0.25) is 0 Å². The fraction of sp³-hybridized carbons (Fsp3) is 0.750. The first-order valence-electron chi connectivity index (χ1n) is 9.75. The first-order chi connectivity index (χ1) is 12.4. The molecule has 26 heavy (non-hydrogen) atoms. The van der Waals surface area contributed by atoms with Gasteiger partial charge in [-0.25, -0.2) is 9.59 Å². The second kappa shape index (κ2) is 11.7. The van der Waals surface area contributed by atoms with Gasteiger partial charge in [0, 0.05) is 0 Å². The number of hydrogen-bond donors (Lipinski definition) is 2. The highest BCUT2D eigenvalue weighted by molar-refractivity contribution is 6.02. The number of esters is 1. The summed E-state index contributed by atoms with van der Waals surface area (Å²) in [5.41, 5.74) is -0.441. The second-order valence-electron chi connectivity index (χ2n) is 7.11. The molecule has 0 spiro atoms. The molecule has 6 heteroatoms. The Kier molecular flexibility index (Phi) is 9.99. The van der Waals surface area contributed by atoms with Gasteiger partial charge in [-0.05, 0) is 31.1 Å². The van der Waals surface area contributed by atoms with E-state index in [1.54, 1.807) is 0 Å². The van der Waals surface area contributed by atoms with Crippen LogP contribution in [0.5, 0.6) is 0 Å². The fourth-order valence-corrected chi connectivity index (χ4v) is 3.53. The van der Waals surface area contributed by atoms with Crippen LogP contribution in [-0.4, -0.2) is 34.7 Å². The number of hydrogen-bond acceptors (Lipinski definition) is 4. The molecule has 0 aromatic rings. The smallest absolute Gasteiger partial charge is 0.332 e. The van der Waals surface area contributed by atoms with E-state index in [0.29, 0.717) is 12.8 Å². The van der Waals surface area contributed by atoms with E-state index in [1.807, 2.05) is 6.92 Å². The molecule has 1 unspecified atom stereocenters. The molecular formula is C20H32O6. The SMILES string of the molecule is CCCCC(CC)COC(=O)CC(C(=O)O)=C(C(=O)O)C1CCCCC1. The fourth-order valence-electron chi connectivity index (χ4n) is 3.53. The molecule has 2 N–H and O–H groups in total. The summed E-state index contributed by atoms with van der Waals surface area (Å²) >= 11 is 0. The van der Waals surface area contributed by atoms with Crippen LogP contribution >= 0.6 is 0 Å². The minimum atomic E-state index is -1.34. The summed E-state index contributed by atoms with van der Waals surface area (Å²) in [7, 11) is 0. The number of aliphatic carboxylic acids is 2. The summed E-state index contributed by atoms with van der Waals surface area (Å²) in [6, 6.07) is 0. The molecule has 0 saturated heterocycles. The van der Waals surface area contributed by atoms with Crippen LogP contribution in [0.25, 0.3) is 0 Å². The standard InChI is InChI=1S/C20H32O6/c1-3-5-9-14(4-2)13-26-17(21)12-16(19(22)23)18(20(24)25)15-10-7-6-8-11-15/h14-15H,3-13H2,1-2H3,(H,22,23)(H,24,25). The monoisotopic (exact) mass is 368 g/mol. The van der Waals surface area contributed by atoms with Crippen molar-refractivity contribution in [3.05, 3.63) is 11.1 Å². The van der Waals surface area contributed by atoms with Gasteiger partial charge in [-0.15, -0.1) is 0 Å². The predicted molar refractivity (Wildman–Crippen MR) is 97.8 cm³/mol. The Morgan fingerprint density at radius 2 is 1.69 bits per heavy atom. The van der Waals surface area contributed by atoms with E-state index >= 15 is 0 Å². The zero-order valence-electron chi connectivity index (χ0n) is 16.0. The molecule has 0 aliphatic heterocycles. The Bertz CT molecular complexity index is 516.